The maximum absolute atomic E-state index is 12.7. The number of hydrogen-bond donors (Lipinski definition) is 1. The van der Waals surface area contributed by atoms with Gasteiger partial charge in [-0.05, 0) is 42.3 Å². The number of hydrogen-bond acceptors (Lipinski definition) is 6. The first-order valence-electron chi connectivity index (χ1n) is 9.94. The van der Waals surface area contributed by atoms with E-state index < -0.39 is 10.8 Å². The van der Waals surface area contributed by atoms with E-state index in [2.05, 4.69) is 5.32 Å². The van der Waals surface area contributed by atoms with Crippen LogP contribution in [0.25, 0.3) is 6.08 Å². The van der Waals surface area contributed by atoms with Gasteiger partial charge in [-0.3, -0.25) is 14.9 Å². The van der Waals surface area contributed by atoms with Gasteiger partial charge in [0.2, 0.25) is 0 Å². The molecule has 8 nitrogen and oxygen atoms in total. The summed E-state index contributed by atoms with van der Waals surface area (Å²) in [6, 6.07) is 20.3. The van der Waals surface area contributed by atoms with Crippen molar-refractivity contribution in [2.24, 2.45) is 0 Å². The van der Waals surface area contributed by atoms with Gasteiger partial charge in [-0.15, -0.1) is 0 Å². The molecule has 0 radical (unpaired) electrons. The molecule has 0 aliphatic rings. The third-order valence-electron chi connectivity index (χ3n) is 4.79. The Morgan fingerprint density at radius 3 is 2.64 bits per heavy atom. The first-order chi connectivity index (χ1) is 15.9. The van der Waals surface area contributed by atoms with Crippen molar-refractivity contribution < 1.29 is 19.2 Å². The number of carbonyl (C=O) groups is 1. The van der Waals surface area contributed by atoms with Crippen LogP contribution in [0.4, 0.5) is 11.4 Å². The zero-order chi connectivity index (χ0) is 23.8. The van der Waals surface area contributed by atoms with Crippen LogP contribution in [0.5, 0.6) is 11.5 Å². The molecule has 0 saturated carbocycles. The highest BCUT2D eigenvalue weighted by Crippen LogP contribution is 2.28. The monoisotopic (exact) mass is 443 g/mol. The van der Waals surface area contributed by atoms with Crippen molar-refractivity contribution in [1.29, 1.82) is 5.26 Å². The van der Waals surface area contributed by atoms with Crippen molar-refractivity contribution in [2.75, 3.05) is 12.4 Å². The number of amides is 1. The van der Waals surface area contributed by atoms with E-state index in [1.165, 1.54) is 25.3 Å². The lowest BCUT2D eigenvalue weighted by Gasteiger charge is -2.12. The van der Waals surface area contributed by atoms with Gasteiger partial charge in [-0.25, -0.2) is 0 Å². The van der Waals surface area contributed by atoms with Crippen molar-refractivity contribution in [3.05, 3.63) is 99.1 Å². The van der Waals surface area contributed by atoms with E-state index in [9.17, 15) is 20.2 Å². The summed E-state index contributed by atoms with van der Waals surface area (Å²) in [7, 11) is 1.51. The summed E-state index contributed by atoms with van der Waals surface area (Å²) < 4.78 is 11.1. The van der Waals surface area contributed by atoms with E-state index in [1.807, 2.05) is 25.1 Å². The Morgan fingerprint density at radius 1 is 1.15 bits per heavy atom. The average Bonchev–Trinajstić information content (AvgIpc) is 2.83. The molecule has 3 rings (SSSR count). The Kier molecular flexibility index (Phi) is 7.39. The Bertz CT molecular complexity index is 1260. The lowest BCUT2D eigenvalue weighted by Crippen LogP contribution is -2.14. The highest BCUT2D eigenvalue weighted by Gasteiger charge is 2.14. The number of ether oxygens (including phenoxy) is 2. The average molecular weight is 443 g/mol. The standard InChI is InChI=1S/C25H21N3O5/c1-17-6-3-4-9-23(17)27-25(29)20(15-26)13-19-10-11-22(32-2)14-24(19)33-16-18-7-5-8-21(12-18)28(30)31/h3-14H,16H2,1-2H3,(H,27,29)/b20-13+. The molecule has 0 aromatic heterocycles. The fourth-order valence-electron chi connectivity index (χ4n) is 3.01. The van der Waals surface area contributed by atoms with Gasteiger partial charge in [-0.2, -0.15) is 5.26 Å². The van der Waals surface area contributed by atoms with Crippen LogP contribution in [0, 0.1) is 28.4 Å². The summed E-state index contributed by atoms with van der Waals surface area (Å²) in [5.74, 6) is 0.327. The quantitative estimate of drug-likeness (QED) is 0.226. The minimum absolute atomic E-state index is 0.0403. The van der Waals surface area contributed by atoms with Crippen LogP contribution in [-0.4, -0.2) is 17.9 Å². The van der Waals surface area contributed by atoms with Gasteiger partial charge in [-0.1, -0.05) is 30.3 Å². The summed E-state index contributed by atoms with van der Waals surface area (Å²) >= 11 is 0. The topological polar surface area (TPSA) is 114 Å². The Labute approximate surface area is 190 Å². The first kappa shape index (κ1) is 23.0. The molecule has 8 heteroatoms. The number of para-hydroxylation sites is 1. The molecule has 1 amide bonds. The number of aryl methyl sites for hydroxylation is 1. The Balaban J connectivity index is 1.87. The predicted molar refractivity (Wildman–Crippen MR) is 124 cm³/mol. The zero-order valence-corrected chi connectivity index (χ0v) is 18.1. The molecule has 0 fully saturated rings. The summed E-state index contributed by atoms with van der Waals surface area (Å²) in [6.45, 7) is 1.90. The fraction of sp³-hybridized carbons (Fsp3) is 0.120. The third kappa shape index (κ3) is 5.95. The van der Waals surface area contributed by atoms with E-state index >= 15 is 0 Å². The molecule has 1 N–H and O–H groups in total. The lowest BCUT2D eigenvalue weighted by atomic mass is 10.1. The largest absolute Gasteiger partial charge is 0.497 e. The maximum Gasteiger partial charge on any atom is 0.269 e. The molecule has 0 unspecified atom stereocenters. The van der Waals surface area contributed by atoms with E-state index in [-0.39, 0.29) is 17.9 Å². The van der Waals surface area contributed by atoms with E-state index in [0.717, 1.165) is 5.56 Å². The number of methoxy groups -OCH3 is 1. The molecular formula is C25H21N3O5. The van der Waals surface area contributed by atoms with Gasteiger partial charge in [0, 0.05) is 29.4 Å². The van der Waals surface area contributed by atoms with Crippen LogP contribution in [0.2, 0.25) is 0 Å². The smallest absolute Gasteiger partial charge is 0.269 e. The first-order valence-corrected chi connectivity index (χ1v) is 9.94. The number of nitrogens with one attached hydrogen (secondary N) is 1. The Morgan fingerprint density at radius 2 is 1.94 bits per heavy atom. The normalized spacial score (nSPS) is 10.8. The van der Waals surface area contributed by atoms with Gasteiger partial charge < -0.3 is 14.8 Å². The summed E-state index contributed by atoms with van der Waals surface area (Å²) in [4.78, 5) is 23.2. The predicted octanol–water partition coefficient (Wildman–Crippen LogP) is 5.04. The van der Waals surface area contributed by atoms with Crippen molar-refractivity contribution >= 4 is 23.4 Å². The van der Waals surface area contributed by atoms with Gasteiger partial charge in [0.25, 0.3) is 11.6 Å². The van der Waals surface area contributed by atoms with Crippen LogP contribution in [0.3, 0.4) is 0 Å². The van der Waals surface area contributed by atoms with Crippen LogP contribution >= 0.6 is 0 Å². The minimum atomic E-state index is -0.549. The molecule has 3 aromatic rings. The van der Waals surface area contributed by atoms with Crippen molar-refractivity contribution in [2.45, 2.75) is 13.5 Å². The van der Waals surface area contributed by atoms with E-state index in [0.29, 0.717) is 28.3 Å². The second kappa shape index (κ2) is 10.6. The molecular weight excluding hydrogens is 422 g/mol. The number of anilines is 1. The van der Waals surface area contributed by atoms with Crippen molar-refractivity contribution in [1.82, 2.24) is 0 Å². The molecule has 33 heavy (non-hydrogen) atoms. The zero-order valence-electron chi connectivity index (χ0n) is 18.1. The SMILES string of the molecule is COc1ccc(/C=C(\C#N)C(=O)Nc2ccccc2C)c(OCc2cccc([N+](=O)[O-])c2)c1. The van der Waals surface area contributed by atoms with E-state index in [1.54, 1.807) is 42.5 Å². The second-order valence-electron chi connectivity index (χ2n) is 7.06. The van der Waals surface area contributed by atoms with Crippen LogP contribution in [0.15, 0.2) is 72.3 Å². The molecule has 0 aliphatic heterocycles. The number of nitrogens with zero attached hydrogens (tertiary/aromatic N) is 2. The number of non-ortho nitro benzene ring substituents is 1. The molecule has 0 heterocycles. The number of nitro benzene ring substituents is 1. The minimum Gasteiger partial charge on any atom is -0.497 e. The van der Waals surface area contributed by atoms with Crippen molar-refractivity contribution in [3.63, 3.8) is 0 Å². The maximum atomic E-state index is 12.7. The second-order valence-corrected chi connectivity index (χ2v) is 7.06. The lowest BCUT2D eigenvalue weighted by molar-refractivity contribution is -0.384. The molecule has 166 valence electrons. The molecule has 0 spiro atoms. The van der Waals surface area contributed by atoms with Gasteiger partial charge >= 0.3 is 0 Å². The highest BCUT2D eigenvalue weighted by atomic mass is 16.6. The Hall–Kier alpha value is -4.64. The number of benzene rings is 3. The van der Waals surface area contributed by atoms with Crippen LogP contribution in [-0.2, 0) is 11.4 Å². The molecule has 0 aliphatic carbocycles. The van der Waals surface area contributed by atoms with E-state index in [4.69, 9.17) is 9.47 Å². The number of nitriles is 1. The number of rotatable bonds is 8. The van der Waals surface area contributed by atoms with Crippen LogP contribution < -0.4 is 14.8 Å². The highest BCUT2D eigenvalue weighted by molar-refractivity contribution is 6.10. The number of carbonyl (C=O) groups excluding carboxylic acids is 1. The summed E-state index contributed by atoms with van der Waals surface area (Å²) in [6.07, 6.45) is 1.43. The molecule has 0 bridgehead atoms. The van der Waals surface area contributed by atoms with Gasteiger partial charge in [0.1, 0.15) is 29.7 Å². The summed E-state index contributed by atoms with van der Waals surface area (Å²) in [5.41, 5.74) is 2.41. The van der Waals surface area contributed by atoms with Gasteiger partial charge in [0.15, 0.2) is 0 Å². The molecule has 0 atom stereocenters. The van der Waals surface area contributed by atoms with Crippen LogP contribution in [0.1, 0.15) is 16.7 Å². The van der Waals surface area contributed by atoms with Gasteiger partial charge in [0.05, 0.1) is 12.0 Å². The third-order valence-corrected chi connectivity index (χ3v) is 4.79. The molecule has 0 saturated heterocycles. The van der Waals surface area contributed by atoms with Crippen molar-refractivity contribution in [3.8, 4) is 17.6 Å². The molecule has 3 aromatic carbocycles. The fourth-order valence-corrected chi connectivity index (χ4v) is 3.01. The summed E-state index contributed by atoms with van der Waals surface area (Å²) in [5, 5.41) is 23.3. The number of nitro groups is 1.